The van der Waals surface area contributed by atoms with Crippen molar-refractivity contribution in [3.05, 3.63) is 83.0 Å². The number of hydrogen-bond acceptors (Lipinski definition) is 16. The number of amides is 1. The van der Waals surface area contributed by atoms with Crippen molar-refractivity contribution in [3.63, 3.8) is 0 Å². The normalized spacial score (nSPS) is 35.3. The lowest BCUT2D eigenvalue weighted by atomic mass is 9.47. The molecule has 2 saturated heterocycles. The zero-order valence-corrected chi connectivity index (χ0v) is 42.9. The minimum Gasteiger partial charge on any atom is -0.458 e. The van der Waals surface area contributed by atoms with E-state index in [1.165, 1.54) is 12.5 Å². The molecule has 4 fully saturated rings. The summed E-state index contributed by atoms with van der Waals surface area (Å²) >= 11 is 4.72. The molecule has 403 valence electrons. The number of esters is 1. The zero-order valence-electron chi connectivity index (χ0n) is 42.1. The van der Waals surface area contributed by atoms with Gasteiger partial charge in [-0.2, -0.15) is 0 Å². The molecule has 6 heterocycles. The fourth-order valence-electron chi connectivity index (χ4n) is 15.6. The predicted molar refractivity (Wildman–Crippen MR) is 284 cm³/mol. The molecule has 10 rings (SSSR count). The van der Waals surface area contributed by atoms with Crippen molar-refractivity contribution < 1.29 is 54.1 Å². The highest BCUT2D eigenvalue weighted by Crippen LogP contribution is 2.68. The van der Waals surface area contributed by atoms with Crippen LogP contribution < -0.4 is 20.9 Å². The van der Waals surface area contributed by atoms with E-state index >= 15 is 0 Å². The first-order valence-corrected chi connectivity index (χ1v) is 25.3. The number of nitrogens with zero attached hydrogens (tertiary/aromatic N) is 4. The van der Waals surface area contributed by atoms with Crippen LogP contribution in [0.3, 0.4) is 0 Å². The molecule has 2 aromatic rings. The minimum atomic E-state index is -1.63. The molecular formula is C54H81BClN6O11. The molecule has 0 bridgehead atoms. The lowest BCUT2D eigenvalue weighted by molar-refractivity contribution is -0.217. The van der Waals surface area contributed by atoms with E-state index in [4.69, 9.17) is 26.8 Å². The second-order valence-electron chi connectivity index (χ2n) is 20.5. The van der Waals surface area contributed by atoms with Crippen LogP contribution in [0.25, 0.3) is 0 Å². The highest BCUT2D eigenvalue weighted by Gasteiger charge is 2.79. The number of aliphatic hydroxyl groups is 5. The van der Waals surface area contributed by atoms with Crippen molar-refractivity contribution in [2.75, 3.05) is 76.4 Å². The Hall–Kier alpha value is -4.24. The first-order valence-electron chi connectivity index (χ1n) is 24.9. The fraction of sp³-hybridized carbons (Fsp3) is 0.648. The number of carbonyl (C=O) groups excluding carboxylic acids is 3. The fourth-order valence-corrected chi connectivity index (χ4v) is 15.7. The van der Waals surface area contributed by atoms with Crippen LogP contribution in [0.5, 0.6) is 0 Å². The van der Waals surface area contributed by atoms with Crippen molar-refractivity contribution in [3.8, 4) is 0 Å². The molecule has 73 heavy (non-hydrogen) atoms. The van der Waals surface area contributed by atoms with Crippen LogP contribution in [-0.2, 0) is 43.0 Å². The molecule has 6 aliphatic heterocycles. The number of carbonyl (C=O) groups is 3. The third-order valence-corrected chi connectivity index (χ3v) is 17.8. The van der Waals surface area contributed by atoms with Gasteiger partial charge in [0.1, 0.15) is 17.3 Å². The number of nitrogens with two attached hydrogens (primary N) is 1. The molecule has 2 spiro atoms. The van der Waals surface area contributed by atoms with E-state index in [1.54, 1.807) is 13.8 Å². The summed E-state index contributed by atoms with van der Waals surface area (Å²) in [5, 5.41) is 58.6. The molecule has 8 N–H and O–H groups in total. The predicted octanol–water partition coefficient (Wildman–Crippen LogP) is 4.31. The van der Waals surface area contributed by atoms with Gasteiger partial charge in [0.05, 0.1) is 51.2 Å². The van der Waals surface area contributed by atoms with Crippen molar-refractivity contribution in [1.29, 1.82) is 0 Å². The molecule has 2 aliphatic carbocycles. The number of ether oxygens (including phenoxy) is 3. The molecule has 2 saturated carbocycles. The third-order valence-electron chi connectivity index (χ3n) is 17.6. The summed E-state index contributed by atoms with van der Waals surface area (Å²) in [6.07, 6.45) is 9.23. The average Bonchev–Trinajstić information content (AvgIpc) is 4.08. The number of rotatable bonds is 10. The molecule has 2 aromatic carbocycles. The SMILES string of the molecule is C.C.CCOC(=O)Cl.CCOC(=O)NC[C@@]1(O)[C@H](OC(C)=O)[C@]2(CC)C=CCN3CC[C@@]4(c5ccc(CO)cc5N(C)[C@@H]14)[C@@H]32.CC[C@]12C=CCN3CC[C@@]4(c5ccc(CO)cc5N(C)[C@H]4[C@@](O)(CN)[C@@H]1O)[C@@H]32.[B]. The van der Waals surface area contributed by atoms with Gasteiger partial charge in [0.25, 0.3) is 0 Å². The van der Waals surface area contributed by atoms with E-state index in [2.05, 4.69) is 79.9 Å². The topological polar surface area (TPSA) is 231 Å². The average molecular weight is 1040 g/mol. The maximum Gasteiger partial charge on any atom is 0.407 e. The summed E-state index contributed by atoms with van der Waals surface area (Å²) < 4.78 is 15.3. The van der Waals surface area contributed by atoms with Gasteiger partial charge in [-0.1, -0.05) is 77.3 Å². The molecular weight excluding hydrogens is 955 g/mol. The number of alkyl carbamates (subject to hydrolysis) is 1. The molecule has 1 amide bonds. The van der Waals surface area contributed by atoms with Crippen molar-refractivity contribution in [1.82, 2.24) is 15.1 Å². The lowest BCUT2D eigenvalue weighted by Gasteiger charge is -2.64. The Morgan fingerprint density at radius 2 is 1.22 bits per heavy atom. The summed E-state index contributed by atoms with van der Waals surface area (Å²) in [6.45, 7) is 12.8. The summed E-state index contributed by atoms with van der Waals surface area (Å²) in [5.74, 6) is -0.473. The number of aliphatic hydroxyl groups excluding tert-OH is 3. The molecule has 3 radical (unpaired) electrons. The van der Waals surface area contributed by atoms with Gasteiger partial charge in [0, 0.05) is 106 Å². The number of fused-ring (bicyclic) bond motifs is 2. The van der Waals surface area contributed by atoms with Gasteiger partial charge in [-0.05, 0) is 87.0 Å². The Bertz CT molecular complexity index is 2400. The van der Waals surface area contributed by atoms with Crippen LogP contribution in [0.2, 0.25) is 0 Å². The van der Waals surface area contributed by atoms with E-state index < -0.39 is 63.2 Å². The first kappa shape index (κ1) is 59.6. The smallest absolute Gasteiger partial charge is 0.407 e. The summed E-state index contributed by atoms with van der Waals surface area (Å²) in [5.41, 5.74) is 6.42. The molecule has 0 unspecified atom stereocenters. The van der Waals surface area contributed by atoms with Crippen LogP contribution in [0.1, 0.15) is 97.4 Å². The van der Waals surface area contributed by atoms with Crippen LogP contribution in [0, 0.1) is 10.8 Å². The van der Waals surface area contributed by atoms with Crippen molar-refractivity contribution in [2.24, 2.45) is 16.6 Å². The van der Waals surface area contributed by atoms with E-state index in [9.17, 15) is 39.9 Å². The van der Waals surface area contributed by atoms with Gasteiger partial charge in [-0.25, -0.2) is 9.59 Å². The van der Waals surface area contributed by atoms with Crippen LogP contribution in [-0.4, -0.2) is 175 Å². The van der Waals surface area contributed by atoms with Gasteiger partial charge >= 0.3 is 17.5 Å². The Kier molecular flexibility index (Phi) is 18.1. The van der Waals surface area contributed by atoms with Gasteiger partial charge in [-0.3, -0.25) is 14.6 Å². The Morgan fingerprint density at radius 1 is 0.753 bits per heavy atom. The van der Waals surface area contributed by atoms with Gasteiger partial charge in [0.2, 0.25) is 0 Å². The van der Waals surface area contributed by atoms with E-state index in [0.29, 0.717) is 13.0 Å². The van der Waals surface area contributed by atoms with E-state index in [1.807, 2.05) is 38.4 Å². The second kappa shape index (κ2) is 22.2. The number of anilines is 2. The van der Waals surface area contributed by atoms with Crippen molar-refractivity contribution >= 4 is 48.9 Å². The molecule has 12 atom stereocenters. The standard InChI is InChI=1S/C27H37N3O6.C22H31N3O3.C3H5ClO2.2CH4.B/c1-5-25-10-7-12-30-13-11-26(21(25)30)19-9-8-18(15-31)14-20(19)29(4)22(26)27(34,23(25)36-17(3)32)16-28-24(33)35-6-2;1-3-20-7-4-9-25-10-8-21(17(20)25)15-6-5-14(12-26)11-16(15)24(2)18(21)22(28,13-23)19(20)27;1-2-6-3(4)5;;;/h7-10,14,21-23,31,34H,5-6,11-13,15-16H2,1-4H3,(H,28,33);4-7,11,17-19,26-28H,3,8-10,12-13,23H2,1-2H3;2H2,1H3;2*1H4;/t21-,22+,23+,25+,26+,27-;17-,18+,19+,20+,21+,22-;;;;/m00..../s1. The maximum atomic E-state index is 12.8. The number of halogens is 1. The molecule has 17 nitrogen and oxygen atoms in total. The molecule has 19 heteroatoms. The van der Waals surface area contributed by atoms with E-state index in [-0.39, 0.29) is 79.7 Å². The highest BCUT2D eigenvalue weighted by molar-refractivity contribution is 6.61. The Morgan fingerprint density at radius 3 is 1.63 bits per heavy atom. The number of benzene rings is 2. The van der Waals surface area contributed by atoms with Gasteiger partial charge < -0.3 is 60.6 Å². The Labute approximate surface area is 439 Å². The van der Waals surface area contributed by atoms with Crippen LogP contribution in [0.4, 0.5) is 21.0 Å². The van der Waals surface area contributed by atoms with Crippen molar-refractivity contribution in [2.45, 2.75) is 147 Å². The van der Waals surface area contributed by atoms with Gasteiger partial charge in [0.15, 0.2) is 0 Å². The number of likely N-dealkylation sites (N-methyl/N-ethyl adjacent to an activating group) is 2. The highest BCUT2D eigenvalue weighted by atomic mass is 35.5. The second-order valence-corrected chi connectivity index (χ2v) is 20.8. The first-order chi connectivity index (χ1) is 33.4. The summed E-state index contributed by atoms with van der Waals surface area (Å²) in [7, 11) is 3.94. The zero-order chi connectivity index (χ0) is 50.8. The third kappa shape index (κ3) is 8.59. The molecule has 0 aromatic heterocycles. The van der Waals surface area contributed by atoms with Crippen LogP contribution in [0.15, 0.2) is 60.7 Å². The lowest BCUT2D eigenvalue weighted by Crippen LogP contribution is -2.81. The van der Waals surface area contributed by atoms with E-state index in [0.717, 1.165) is 73.5 Å². The van der Waals surface area contributed by atoms with Crippen LogP contribution >= 0.6 is 11.6 Å². The minimum absolute atomic E-state index is 0. The maximum absolute atomic E-state index is 12.8. The monoisotopic (exact) mass is 1040 g/mol. The summed E-state index contributed by atoms with van der Waals surface area (Å²) in [6, 6.07) is 11.5. The van der Waals surface area contributed by atoms with Gasteiger partial charge in [-0.15, -0.1) is 0 Å². The largest absolute Gasteiger partial charge is 0.458 e. The quantitative estimate of drug-likeness (QED) is 0.0578. The number of hydrogen-bond donors (Lipinski definition) is 7. The number of nitrogens with one attached hydrogen (secondary N) is 1. The summed E-state index contributed by atoms with van der Waals surface area (Å²) in [4.78, 5) is 43.6. The Balaban J connectivity index is 0.000000240. The molecule has 8 aliphatic rings.